The van der Waals surface area contributed by atoms with E-state index in [1.165, 1.54) is 0 Å². The molecule has 0 fully saturated rings. The van der Waals surface area contributed by atoms with Crippen LogP contribution in [0.25, 0.3) is 11.0 Å². The van der Waals surface area contributed by atoms with E-state index in [1.54, 1.807) is 4.90 Å². The quantitative estimate of drug-likeness (QED) is 0.301. The molecule has 0 aliphatic carbocycles. The lowest BCUT2D eigenvalue weighted by molar-refractivity contribution is 0.0971. The van der Waals surface area contributed by atoms with E-state index in [2.05, 4.69) is 13.8 Å². The molecule has 1 aliphatic rings. The van der Waals surface area contributed by atoms with Gasteiger partial charge in [0.2, 0.25) is 5.76 Å². The summed E-state index contributed by atoms with van der Waals surface area (Å²) in [5, 5.41) is 0.491. The van der Waals surface area contributed by atoms with Crippen molar-refractivity contribution in [2.45, 2.75) is 47.1 Å². The highest BCUT2D eigenvalue weighted by atomic mass is 16.5. The SMILES string of the molecule is Cc1cccc(N2C(=O)c3oc4cc(C)c(C)cc4c(=O)c3C2c2cccc(OCCC(C)C)c2)c1. The van der Waals surface area contributed by atoms with Crippen molar-refractivity contribution in [1.82, 2.24) is 0 Å². The van der Waals surface area contributed by atoms with Crippen LogP contribution in [0, 0.1) is 26.7 Å². The Bertz CT molecular complexity index is 1530. The first-order chi connectivity index (χ1) is 17.2. The van der Waals surface area contributed by atoms with Crippen LogP contribution in [0.4, 0.5) is 5.69 Å². The zero-order chi connectivity index (χ0) is 25.6. The maximum absolute atomic E-state index is 13.9. The molecule has 3 aromatic carbocycles. The van der Waals surface area contributed by atoms with Crippen LogP contribution in [0.15, 0.2) is 69.9 Å². The van der Waals surface area contributed by atoms with E-state index >= 15 is 0 Å². The third-order valence-electron chi connectivity index (χ3n) is 6.90. The van der Waals surface area contributed by atoms with Crippen LogP contribution in [0.2, 0.25) is 0 Å². The molecular weight excluding hydrogens is 450 g/mol. The number of fused-ring (bicyclic) bond motifs is 2. The Balaban J connectivity index is 1.70. The Morgan fingerprint density at radius 2 is 1.69 bits per heavy atom. The zero-order valence-corrected chi connectivity index (χ0v) is 21.4. The normalized spacial score (nSPS) is 15.1. The van der Waals surface area contributed by atoms with Crippen molar-refractivity contribution in [3.63, 3.8) is 0 Å². The molecule has 1 amide bonds. The predicted octanol–water partition coefficient (Wildman–Crippen LogP) is 6.89. The second-order valence-electron chi connectivity index (χ2n) is 10.1. The van der Waals surface area contributed by atoms with E-state index in [4.69, 9.17) is 9.15 Å². The fourth-order valence-electron chi connectivity index (χ4n) is 4.77. The van der Waals surface area contributed by atoms with Crippen LogP contribution < -0.4 is 15.1 Å². The first kappa shape index (κ1) is 23.9. The van der Waals surface area contributed by atoms with Crippen molar-refractivity contribution < 1.29 is 13.9 Å². The first-order valence-corrected chi connectivity index (χ1v) is 12.5. The van der Waals surface area contributed by atoms with Gasteiger partial charge in [0.25, 0.3) is 5.91 Å². The molecule has 0 radical (unpaired) electrons. The zero-order valence-electron chi connectivity index (χ0n) is 21.4. The average molecular weight is 482 g/mol. The minimum atomic E-state index is -0.620. The number of aryl methyl sites for hydroxylation is 3. The molecule has 0 saturated heterocycles. The van der Waals surface area contributed by atoms with Crippen LogP contribution in [-0.4, -0.2) is 12.5 Å². The van der Waals surface area contributed by atoms with Gasteiger partial charge in [-0.3, -0.25) is 14.5 Å². The molecule has 184 valence electrons. The summed E-state index contributed by atoms with van der Waals surface area (Å²) in [6.07, 6.45) is 0.943. The van der Waals surface area contributed by atoms with Crippen LogP contribution in [0.5, 0.6) is 5.75 Å². The van der Waals surface area contributed by atoms with Crippen LogP contribution in [0.3, 0.4) is 0 Å². The number of carbonyl (C=O) groups excluding carboxylic acids is 1. The number of hydrogen-bond donors (Lipinski definition) is 0. The van der Waals surface area contributed by atoms with Gasteiger partial charge in [0.05, 0.1) is 23.6 Å². The van der Waals surface area contributed by atoms with E-state index in [-0.39, 0.29) is 17.1 Å². The van der Waals surface area contributed by atoms with Gasteiger partial charge in [-0.1, -0.05) is 38.1 Å². The lowest BCUT2D eigenvalue weighted by Gasteiger charge is -2.26. The largest absolute Gasteiger partial charge is 0.494 e. The Morgan fingerprint density at radius 1 is 0.944 bits per heavy atom. The van der Waals surface area contributed by atoms with Gasteiger partial charge in [0.15, 0.2) is 5.43 Å². The van der Waals surface area contributed by atoms with Gasteiger partial charge in [-0.15, -0.1) is 0 Å². The van der Waals surface area contributed by atoms with Crippen LogP contribution in [-0.2, 0) is 0 Å². The summed E-state index contributed by atoms with van der Waals surface area (Å²) in [5.41, 5.74) is 5.20. The maximum Gasteiger partial charge on any atom is 0.295 e. The van der Waals surface area contributed by atoms with Gasteiger partial charge in [-0.05, 0) is 91.8 Å². The topological polar surface area (TPSA) is 59.8 Å². The molecule has 36 heavy (non-hydrogen) atoms. The van der Waals surface area contributed by atoms with E-state index in [0.29, 0.717) is 29.1 Å². The Kier molecular flexibility index (Phi) is 6.17. The summed E-state index contributed by atoms with van der Waals surface area (Å²) in [6.45, 7) is 10.9. The third kappa shape index (κ3) is 4.19. The second-order valence-corrected chi connectivity index (χ2v) is 10.1. The van der Waals surface area contributed by atoms with Crippen molar-refractivity contribution in [3.05, 3.63) is 104 Å². The highest BCUT2D eigenvalue weighted by Crippen LogP contribution is 2.42. The van der Waals surface area contributed by atoms with Crippen molar-refractivity contribution >= 4 is 22.6 Å². The fraction of sp³-hybridized carbons (Fsp3) is 0.290. The van der Waals surface area contributed by atoms with Gasteiger partial charge in [0, 0.05) is 5.69 Å². The number of benzene rings is 3. The molecule has 1 unspecified atom stereocenters. The smallest absolute Gasteiger partial charge is 0.295 e. The van der Waals surface area contributed by atoms with Crippen molar-refractivity contribution in [3.8, 4) is 5.75 Å². The molecule has 0 spiro atoms. The standard InChI is InChI=1S/C31H31NO4/c1-18(2)12-13-35-24-11-7-9-22(17-24)28-27-29(33)25-15-20(4)21(5)16-26(25)36-30(27)31(34)32(28)23-10-6-8-19(3)14-23/h6-11,14-18,28H,12-13H2,1-5H3. The van der Waals surface area contributed by atoms with Gasteiger partial charge < -0.3 is 9.15 Å². The molecule has 4 aromatic rings. The summed E-state index contributed by atoms with van der Waals surface area (Å²) < 4.78 is 12.2. The molecular formula is C31H31NO4. The molecule has 1 aromatic heterocycles. The minimum absolute atomic E-state index is 0.105. The molecule has 0 saturated carbocycles. The maximum atomic E-state index is 13.9. The van der Waals surface area contributed by atoms with Gasteiger partial charge in [-0.2, -0.15) is 0 Å². The van der Waals surface area contributed by atoms with E-state index in [9.17, 15) is 9.59 Å². The van der Waals surface area contributed by atoms with Crippen molar-refractivity contribution in [2.24, 2.45) is 5.92 Å². The Morgan fingerprint density at radius 3 is 2.44 bits per heavy atom. The highest BCUT2D eigenvalue weighted by molar-refractivity contribution is 6.10. The van der Waals surface area contributed by atoms with E-state index in [1.807, 2.05) is 81.4 Å². The Hall–Kier alpha value is -3.86. The Labute approximate surface area is 211 Å². The van der Waals surface area contributed by atoms with Gasteiger partial charge >= 0.3 is 0 Å². The number of carbonyl (C=O) groups is 1. The molecule has 1 atom stereocenters. The third-order valence-corrected chi connectivity index (χ3v) is 6.90. The van der Waals surface area contributed by atoms with Gasteiger partial charge in [-0.25, -0.2) is 0 Å². The van der Waals surface area contributed by atoms with Crippen molar-refractivity contribution in [2.75, 3.05) is 11.5 Å². The lowest BCUT2D eigenvalue weighted by Crippen LogP contribution is -2.29. The summed E-state index contributed by atoms with van der Waals surface area (Å²) in [6, 6.07) is 18.5. The van der Waals surface area contributed by atoms with Gasteiger partial charge in [0.1, 0.15) is 11.3 Å². The number of amides is 1. The number of hydrogen-bond acceptors (Lipinski definition) is 4. The number of rotatable bonds is 6. The van der Waals surface area contributed by atoms with E-state index in [0.717, 1.165) is 40.1 Å². The second kappa shape index (κ2) is 9.30. The summed E-state index contributed by atoms with van der Waals surface area (Å²) in [5.74, 6) is 1.04. The molecule has 5 nitrogen and oxygen atoms in total. The summed E-state index contributed by atoms with van der Waals surface area (Å²) in [7, 11) is 0. The monoisotopic (exact) mass is 481 g/mol. The highest BCUT2D eigenvalue weighted by Gasteiger charge is 2.43. The lowest BCUT2D eigenvalue weighted by atomic mass is 9.97. The minimum Gasteiger partial charge on any atom is -0.494 e. The van der Waals surface area contributed by atoms with E-state index < -0.39 is 6.04 Å². The molecule has 5 heteroatoms. The van der Waals surface area contributed by atoms with Crippen LogP contribution in [0.1, 0.15) is 64.7 Å². The molecule has 1 aliphatic heterocycles. The molecule has 2 heterocycles. The average Bonchev–Trinajstić information content (AvgIpc) is 3.13. The first-order valence-electron chi connectivity index (χ1n) is 12.5. The predicted molar refractivity (Wildman–Crippen MR) is 143 cm³/mol. The molecule has 0 N–H and O–H groups in total. The fourth-order valence-corrected chi connectivity index (χ4v) is 4.77. The summed E-state index contributed by atoms with van der Waals surface area (Å²) >= 11 is 0. The number of anilines is 1. The molecule has 5 rings (SSSR count). The van der Waals surface area contributed by atoms with Crippen molar-refractivity contribution in [1.29, 1.82) is 0 Å². The van der Waals surface area contributed by atoms with Crippen LogP contribution >= 0.6 is 0 Å². The summed E-state index contributed by atoms with van der Waals surface area (Å²) in [4.78, 5) is 29.4. The number of nitrogens with zero attached hydrogens (tertiary/aromatic N) is 1. The molecule has 0 bridgehead atoms. The number of ether oxygens (including phenoxy) is 1.